The third-order valence-electron chi connectivity index (χ3n) is 2.07. The Kier molecular flexibility index (Phi) is 3.65. The van der Waals surface area contributed by atoms with Gasteiger partial charge in [-0.3, -0.25) is 0 Å². The van der Waals surface area contributed by atoms with Gasteiger partial charge in [0.25, 0.3) is 0 Å². The molecule has 0 saturated heterocycles. The third kappa shape index (κ3) is 2.81. The van der Waals surface area contributed by atoms with Gasteiger partial charge in [0.2, 0.25) is 0 Å². The molecule has 0 aliphatic carbocycles. The van der Waals surface area contributed by atoms with Gasteiger partial charge in [-0.05, 0) is 0 Å². The van der Waals surface area contributed by atoms with Crippen LogP contribution in [0.3, 0.4) is 0 Å². The smallest absolute Gasteiger partial charge is 0.151 e. The Hall–Kier alpha value is -0.880. The Morgan fingerprint density at radius 1 is 1.57 bits per heavy atom. The Labute approximate surface area is 83.9 Å². The van der Waals surface area contributed by atoms with Crippen LogP contribution in [0.1, 0.15) is 12.7 Å². The van der Waals surface area contributed by atoms with E-state index < -0.39 is 9.84 Å². The highest BCUT2D eigenvalue weighted by molar-refractivity contribution is 7.91. The van der Waals surface area contributed by atoms with Crippen molar-refractivity contribution >= 4 is 9.84 Å². The fourth-order valence-corrected chi connectivity index (χ4v) is 1.88. The van der Waals surface area contributed by atoms with Gasteiger partial charge in [-0.2, -0.15) is 0 Å². The number of nitrogens with two attached hydrogens (primary N) is 1. The summed E-state index contributed by atoms with van der Waals surface area (Å²) in [6, 6.07) is 0. The van der Waals surface area contributed by atoms with Crippen molar-refractivity contribution in [2.45, 2.75) is 20.0 Å². The molecular weight excluding hydrogens is 202 g/mol. The Morgan fingerprint density at radius 3 is 2.86 bits per heavy atom. The Morgan fingerprint density at radius 2 is 2.29 bits per heavy atom. The van der Waals surface area contributed by atoms with E-state index in [0.717, 1.165) is 5.82 Å². The molecule has 14 heavy (non-hydrogen) atoms. The standard InChI is InChI=1S/C8H15N3O2S/c1-2-14(12,13)6-5-11-4-3-10-8(11)7-9/h3-4H,2,5-7,9H2,1H3. The molecule has 0 aromatic carbocycles. The van der Waals surface area contributed by atoms with Gasteiger partial charge >= 0.3 is 0 Å². The largest absolute Gasteiger partial charge is 0.333 e. The van der Waals surface area contributed by atoms with Crippen molar-refractivity contribution in [1.29, 1.82) is 0 Å². The van der Waals surface area contributed by atoms with Crippen molar-refractivity contribution in [3.63, 3.8) is 0 Å². The van der Waals surface area contributed by atoms with Crippen molar-refractivity contribution in [3.8, 4) is 0 Å². The summed E-state index contributed by atoms with van der Waals surface area (Å²) in [5, 5.41) is 0. The van der Waals surface area contributed by atoms with Crippen LogP contribution in [0, 0.1) is 0 Å². The SMILES string of the molecule is CCS(=O)(=O)CCn1ccnc1CN. The first-order valence-electron chi connectivity index (χ1n) is 4.49. The second-order valence-electron chi connectivity index (χ2n) is 2.98. The lowest BCUT2D eigenvalue weighted by atomic mass is 10.6. The highest BCUT2D eigenvalue weighted by Crippen LogP contribution is 1.98. The molecule has 0 aliphatic rings. The molecule has 0 radical (unpaired) electrons. The monoisotopic (exact) mass is 217 g/mol. The number of aromatic nitrogens is 2. The van der Waals surface area contributed by atoms with Crippen molar-refractivity contribution in [2.24, 2.45) is 5.73 Å². The number of nitrogens with zero attached hydrogens (tertiary/aromatic N) is 2. The molecule has 1 aromatic rings. The zero-order valence-corrected chi connectivity index (χ0v) is 9.00. The minimum atomic E-state index is -2.91. The van der Waals surface area contributed by atoms with Crippen LogP contribution in [-0.2, 0) is 22.9 Å². The van der Waals surface area contributed by atoms with Gasteiger partial charge in [-0.15, -0.1) is 0 Å². The maximum atomic E-state index is 11.2. The molecule has 1 rings (SSSR count). The van der Waals surface area contributed by atoms with Crippen LogP contribution in [-0.4, -0.2) is 29.5 Å². The number of sulfone groups is 1. The van der Waals surface area contributed by atoms with E-state index in [9.17, 15) is 8.42 Å². The maximum absolute atomic E-state index is 11.2. The number of hydrogen-bond acceptors (Lipinski definition) is 4. The summed E-state index contributed by atoms with van der Waals surface area (Å²) < 4.78 is 24.2. The van der Waals surface area contributed by atoms with Crippen LogP contribution in [0.2, 0.25) is 0 Å². The zero-order chi connectivity index (χ0) is 10.6. The normalized spacial score (nSPS) is 11.9. The van der Waals surface area contributed by atoms with E-state index >= 15 is 0 Å². The lowest BCUT2D eigenvalue weighted by Crippen LogP contribution is -2.16. The molecule has 80 valence electrons. The summed E-state index contributed by atoms with van der Waals surface area (Å²) in [6.07, 6.45) is 3.37. The molecule has 5 nitrogen and oxygen atoms in total. The predicted molar refractivity (Wildman–Crippen MR) is 54.4 cm³/mol. The lowest BCUT2D eigenvalue weighted by molar-refractivity contribution is 0.587. The van der Waals surface area contributed by atoms with Gasteiger partial charge in [0.15, 0.2) is 9.84 Å². The van der Waals surface area contributed by atoms with Crippen LogP contribution < -0.4 is 5.73 Å². The first kappa shape index (κ1) is 11.2. The van der Waals surface area contributed by atoms with Crippen molar-refractivity contribution in [1.82, 2.24) is 9.55 Å². The van der Waals surface area contributed by atoms with Gasteiger partial charge in [-0.25, -0.2) is 13.4 Å². The number of hydrogen-bond donors (Lipinski definition) is 1. The zero-order valence-electron chi connectivity index (χ0n) is 8.18. The molecule has 6 heteroatoms. The van der Waals surface area contributed by atoms with E-state index in [1.54, 1.807) is 23.9 Å². The molecular formula is C8H15N3O2S. The van der Waals surface area contributed by atoms with Crippen molar-refractivity contribution < 1.29 is 8.42 Å². The van der Waals surface area contributed by atoms with E-state index in [1.165, 1.54) is 0 Å². The first-order chi connectivity index (χ1) is 6.59. The van der Waals surface area contributed by atoms with E-state index in [-0.39, 0.29) is 11.5 Å². The molecule has 1 heterocycles. The number of imidazole rings is 1. The fraction of sp³-hybridized carbons (Fsp3) is 0.625. The van der Waals surface area contributed by atoms with Gasteiger partial charge in [0.05, 0.1) is 12.3 Å². The van der Waals surface area contributed by atoms with Crippen LogP contribution in [0.5, 0.6) is 0 Å². The molecule has 0 aliphatic heterocycles. The third-order valence-corrected chi connectivity index (χ3v) is 3.75. The highest BCUT2D eigenvalue weighted by atomic mass is 32.2. The van der Waals surface area contributed by atoms with Crippen molar-refractivity contribution in [2.75, 3.05) is 11.5 Å². The maximum Gasteiger partial charge on any atom is 0.151 e. The van der Waals surface area contributed by atoms with E-state index in [1.807, 2.05) is 0 Å². The molecule has 1 aromatic heterocycles. The average Bonchev–Trinajstić information content (AvgIpc) is 2.62. The van der Waals surface area contributed by atoms with Crippen LogP contribution >= 0.6 is 0 Å². The summed E-state index contributed by atoms with van der Waals surface area (Å²) in [4.78, 5) is 4.00. The summed E-state index contributed by atoms with van der Waals surface area (Å²) in [5.74, 6) is 1.04. The molecule has 0 spiro atoms. The average molecular weight is 217 g/mol. The summed E-state index contributed by atoms with van der Waals surface area (Å²) in [5.41, 5.74) is 5.43. The number of aryl methyl sites for hydroxylation is 1. The van der Waals surface area contributed by atoms with E-state index in [2.05, 4.69) is 4.98 Å². The molecule has 0 bridgehead atoms. The Balaban J connectivity index is 2.62. The van der Waals surface area contributed by atoms with Crippen molar-refractivity contribution in [3.05, 3.63) is 18.2 Å². The topological polar surface area (TPSA) is 78.0 Å². The number of rotatable bonds is 5. The van der Waals surface area contributed by atoms with Gasteiger partial charge < -0.3 is 10.3 Å². The van der Waals surface area contributed by atoms with Crippen LogP contribution in [0.15, 0.2) is 12.4 Å². The fourth-order valence-electron chi connectivity index (χ4n) is 1.12. The van der Waals surface area contributed by atoms with E-state index in [0.29, 0.717) is 13.1 Å². The first-order valence-corrected chi connectivity index (χ1v) is 6.31. The molecule has 2 N–H and O–H groups in total. The van der Waals surface area contributed by atoms with Gasteiger partial charge in [-0.1, -0.05) is 6.92 Å². The molecule has 0 fully saturated rings. The molecule has 0 saturated carbocycles. The highest BCUT2D eigenvalue weighted by Gasteiger charge is 2.08. The molecule has 0 amide bonds. The lowest BCUT2D eigenvalue weighted by Gasteiger charge is -2.05. The van der Waals surface area contributed by atoms with Gasteiger partial charge in [0.1, 0.15) is 5.82 Å². The second-order valence-corrected chi connectivity index (χ2v) is 5.45. The predicted octanol–water partition coefficient (Wildman–Crippen LogP) is -0.223. The summed E-state index contributed by atoms with van der Waals surface area (Å²) in [7, 11) is -2.91. The second kappa shape index (κ2) is 4.56. The van der Waals surface area contributed by atoms with E-state index in [4.69, 9.17) is 5.73 Å². The van der Waals surface area contributed by atoms with Crippen LogP contribution in [0.25, 0.3) is 0 Å². The van der Waals surface area contributed by atoms with Gasteiger partial charge in [0, 0.05) is 24.7 Å². The molecule has 0 unspecified atom stereocenters. The molecule has 0 atom stereocenters. The minimum Gasteiger partial charge on any atom is -0.333 e. The summed E-state index contributed by atoms with van der Waals surface area (Å²) >= 11 is 0. The van der Waals surface area contributed by atoms with Crippen LogP contribution in [0.4, 0.5) is 0 Å². The minimum absolute atomic E-state index is 0.146. The quantitative estimate of drug-likeness (QED) is 0.739. The summed E-state index contributed by atoms with van der Waals surface area (Å²) in [6.45, 7) is 2.41. The Bertz CT molecular complexity index is 383.